The maximum atomic E-state index is 6.32. The summed E-state index contributed by atoms with van der Waals surface area (Å²) in [6, 6.07) is 10.4. The van der Waals surface area contributed by atoms with Gasteiger partial charge in [-0.05, 0) is 11.5 Å². The summed E-state index contributed by atoms with van der Waals surface area (Å²) in [6.45, 7) is 8.87. The number of nitrogens with zero attached hydrogens (tertiary/aromatic N) is 3. The molecule has 0 N–H and O–H groups in total. The number of hydrogen-bond donors (Lipinski definition) is 0. The van der Waals surface area contributed by atoms with Gasteiger partial charge < -0.3 is 9.26 Å². The standard InChI is InChI=1S/C18H25N3O2/c1-4-17-19-18(23-20-17)12-21-10-15(13(2)3)22-16(11-21)14-8-6-5-7-9-14/h5-9,13,15-16H,4,10-12H2,1-3H3/t15-,16+/m1/s1. The Balaban J connectivity index is 1.73. The highest BCUT2D eigenvalue weighted by Gasteiger charge is 2.31. The predicted octanol–water partition coefficient (Wildman–Crippen LogP) is 3.23. The van der Waals surface area contributed by atoms with E-state index in [-0.39, 0.29) is 12.2 Å². The first-order valence-corrected chi connectivity index (χ1v) is 8.40. The van der Waals surface area contributed by atoms with E-state index in [2.05, 4.69) is 53.2 Å². The molecule has 3 rings (SSSR count). The molecule has 124 valence electrons. The van der Waals surface area contributed by atoms with Crippen LogP contribution in [-0.4, -0.2) is 34.2 Å². The van der Waals surface area contributed by atoms with Crippen LogP contribution in [0.2, 0.25) is 0 Å². The van der Waals surface area contributed by atoms with Crippen LogP contribution in [0.3, 0.4) is 0 Å². The molecule has 1 aliphatic heterocycles. The summed E-state index contributed by atoms with van der Waals surface area (Å²) in [4.78, 5) is 6.79. The zero-order chi connectivity index (χ0) is 16.2. The molecule has 5 heteroatoms. The zero-order valence-corrected chi connectivity index (χ0v) is 14.1. The highest BCUT2D eigenvalue weighted by Crippen LogP contribution is 2.28. The highest BCUT2D eigenvalue weighted by atomic mass is 16.5. The van der Waals surface area contributed by atoms with Crippen molar-refractivity contribution in [3.63, 3.8) is 0 Å². The molecule has 2 heterocycles. The zero-order valence-electron chi connectivity index (χ0n) is 14.1. The summed E-state index contributed by atoms with van der Waals surface area (Å²) in [6.07, 6.45) is 1.10. The van der Waals surface area contributed by atoms with Crippen LogP contribution in [0.1, 0.15) is 44.2 Å². The number of aromatic nitrogens is 2. The van der Waals surface area contributed by atoms with Gasteiger partial charge in [-0.3, -0.25) is 4.90 Å². The summed E-state index contributed by atoms with van der Waals surface area (Å²) in [5, 5.41) is 3.99. The Morgan fingerprint density at radius 2 is 2.00 bits per heavy atom. The highest BCUT2D eigenvalue weighted by molar-refractivity contribution is 5.18. The Labute approximate surface area is 137 Å². The van der Waals surface area contributed by atoms with Gasteiger partial charge in [-0.15, -0.1) is 0 Å². The normalized spacial score (nSPS) is 22.6. The molecular weight excluding hydrogens is 290 g/mol. The molecule has 1 fully saturated rings. The molecule has 0 aliphatic carbocycles. The number of aryl methyl sites for hydroxylation is 1. The molecular formula is C18H25N3O2. The van der Waals surface area contributed by atoms with Gasteiger partial charge in [0.2, 0.25) is 5.89 Å². The Bertz CT molecular complexity index is 612. The molecule has 0 spiro atoms. The molecule has 0 bridgehead atoms. The number of rotatable bonds is 5. The molecule has 23 heavy (non-hydrogen) atoms. The fraction of sp³-hybridized carbons (Fsp3) is 0.556. The van der Waals surface area contributed by atoms with Gasteiger partial charge in [0.15, 0.2) is 5.82 Å². The smallest absolute Gasteiger partial charge is 0.240 e. The number of ether oxygens (including phenoxy) is 1. The largest absolute Gasteiger partial charge is 0.367 e. The fourth-order valence-corrected chi connectivity index (χ4v) is 2.90. The van der Waals surface area contributed by atoms with Crippen LogP contribution in [0, 0.1) is 5.92 Å². The lowest BCUT2D eigenvalue weighted by Crippen LogP contribution is -2.45. The molecule has 0 saturated carbocycles. The Morgan fingerprint density at radius 1 is 1.22 bits per heavy atom. The lowest BCUT2D eigenvalue weighted by molar-refractivity contribution is -0.109. The maximum Gasteiger partial charge on any atom is 0.240 e. The minimum atomic E-state index is 0.0888. The predicted molar refractivity (Wildman–Crippen MR) is 87.8 cm³/mol. The summed E-state index contributed by atoms with van der Waals surface area (Å²) in [5.74, 6) is 1.93. The molecule has 0 amide bonds. The van der Waals surface area contributed by atoms with Crippen molar-refractivity contribution in [1.82, 2.24) is 15.0 Å². The van der Waals surface area contributed by atoms with Crippen molar-refractivity contribution in [2.75, 3.05) is 13.1 Å². The van der Waals surface area contributed by atoms with Gasteiger partial charge in [-0.2, -0.15) is 4.98 Å². The fourth-order valence-electron chi connectivity index (χ4n) is 2.90. The van der Waals surface area contributed by atoms with E-state index in [1.54, 1.807) is 0 Å². The van der Waals surface area contributed by atoms with Gasteiger partial charge in [0.25, 0.3) is 0 Å². The van der Waals surface area contributed by atoms with E-state index in [1.165, 1.54) is 5.56 Å². The molecule has 2 aromatic rings. The third-order valence-electron chi connectivity index (χ3n) is 4.30. The summed E-state index contributed by atoms with van der Waals surface area (Å²) < 4.78 is 11.7. The summed E-state index contributed by atoms with van der Waals surface area (Å²) in [7, 11) is 0. The van der Waals surface area contributed by atoms with E-state index in [0.29, 0.717) is 18.4 Å². The van der Waals surface area contributed by atoms with Crippen molar-refractivity contribution < 1.29 is 9.26 Å². The Hall–Kier alpha value is -1.72. The van der Waals surface area contributed by atoms with Gasteiger partial charge in [0.1, 0.15) is 0 Å². The van der Waals surface area contributed by atoms with Gasteiger partial charge in [0.05, 0.1) is 18.8 Å². The van der Waals surface area contributed by atoms with Crippen LogP contribution in [0.25, 0.3) is 0 Å². The average Bonchev–Trinajstić information content (AvgIpc) is 3.03. The van der Waals surface area contributed by atoms with Crippen molar-refractivity contribution >= 4 is 0 Å². The van der Waals surface area contributed by atoms with Crippen LogP contribution in [0.5, 0.6) is 0 Å². The Kier molecular flexibility index (Phi) is 5.08. The van der Waals surface area contributed by atoms with Crippen molar-refractivity contribution in [2.45, 2.75) is 45.9 Å². The SMILES string of the molecule is CCc1noc(CN2C[C@@H](c3ccccc3)O[C@@H](C(C)C)C2)n1. The van der Waals surface area contributed by atoms with Crippen molar-refractivity contribution in [1.29, 1.82) is 0 Å². The van der Waals surface area contributed by atoms with E-state index in [0.717, 1.165) is 25.3 Å². The van der Waals surface area contributed by atoms with Crippen LogP contribution < -0.4 is 0 Å². The molecule has 5 nitrogen and oxygen atoms in total. The van der Waals surface area contributed by atoms with Gasteiger partial charge >= 0.3 is 0 Å². The van der Waals surface area contributed by atoms with E-state index in [1.807, 2.05) is 13.0 Å². The minimum Gasteiger partial charge on any atom is -0.367 e. The lowest BCUT2D eigenvalue weighted by atomic mass is 10.0. The second-order valence-corrected chi connectivity index (χ2v) is 6.47. The number of hydrogen-bond acceptors (Lipinski definition) is 5. The Morgan fingerprint density at radius 3 is 2.65 bits per heavy atom. The van der Waals surface area contributed by atoms with E-state index in [9.17, 15) is 0 Å². The second-order valence-electron chi connectivity index (χ2n) is 6.47. The van der Waals surface area contributed by atoms with E-state index in [4.69, 9.17) is 9.26 Å². The van der Waals surface area contributed by atoms with Gasteiger partial charge in [-0.25, -0.2) is 0 Å². The van der Waals surface area contributed by atoms with E-state index >= 15 is 0 Å². The average molecular weight is 315 g/mol. The molecule has 1 aromatic carbocycles. The van der Waals surface area contributed by atoms with Crippen LogP contribution in [-0.2, 0) is 17.7 Å². The molecule has 2 atom stereocenters. The monoisotopic (exact) mass is 315 g/mol. The molecule has 1 saturated heterocycles. The third-order valence-corrected chi connectivity index (χ3v) is 4.30. The molecule has 0 unspecified atom stereocenters. The van der Waals surface area contributed by atoms with Crippen LogP contribution >= 0.6 is 0 Å². The molecule has 0 radical (unpaired) electrons. The van der Waals surface area contributed by atoms with Crippen LogP contribution in [0.15, 0.2) is 34.9 Å². The van der Waals surface area contributed by atoms with Gasteiger partial charge in [0, 0.05) is 19.5 Å². The van der Waals surface area contributed by atoms with Crippen molar-refractivity contribution in [3.8, 4) is 0 Å². The number of benzene rings is 1. The molecule has 1 aromatic heterocycles. The summed E-state index contributed by atoms with van der Waals surface area (Å²) >= 11 is 0. The topological polar surface area (TPSA) is 51.4 Å². The quantitative estimate of drug-likeness (QED) is 0.848. The number of morpholine rings is 1. The van der Waals surface area contributed by atoms with E-state index < -0.39 is 0 Å². The minimum absolute atomic E-state index is 0.0888. The van der Waals surface area contributed by atoms with Crippen molar-refractivity contribution in [3.05, 3.63) is 47.6 Å². The van der Waals surface area contributed by atoms with Crippen LogP contribution in [0.4, 0.5) is 0 Å². The second kappa shape index (κ2) is 7.23. The first-order chi connectivity index (χ1) is 11.2. The van der Waals surface area contributed by atoms with Gasteiger partial charge in [-0.1, -0.05) is 56.3 Å². The summed E-state index contributed by atoms with van der Waals surface area (Å²) in [5.41, 5.74) is 1.22. The first kappa shape index (κ1) is 16.1. The lowest BCUT2D eigenvalue weighted by Gasteiger charge is -2.39. The first-order valence-electron chi connectivity index (χ1n) is 8.40. The maximum absolute atomic E-state index is 6.32. The third kappa shape index (κ3) is 3.98. The van der Waals surface area contributed by atoms with Crippen molar-refractivity contribution in [2.24, 2.45) is 5.92 Å². The molecule has 1 aliphatic rings.